The second kappa shape index (κ2) is 11.0. The molecule has 0 aliphatic heterocycles. The van der Waals surface area contributed by atoms with Crippen molar-refractivity contribution in [1.82, 2.24) is 9.97 Å². The summed E-state index contributed by atoms with van der Waals surface area (Å²) in [6, 6.07) is 13.2. The van der Waals surface area contributed by atoms with Crippen molar-refractivity contribution in [2.75, 3.05) is 0 Å². The zero-order chi connectivity index (χ0) is 20.5. The first kappa shape index (κ1) is 21.4. The largest absolute Gasteiger partial charge is 0.248 e. The number of hydrogen-bond acceptors (Lipinski definition) is 2. The van der Waals surface area contributed by atoms with E-state index in [9.17, 15) is 4.39 Å². The summed E-state index contributed by atoms with van der Waals surface area (Å²) in [6.07, 6.45) is 12.8. The van der Waals surface area contributed by atoms with Gasteiger partial charge >= 0.3 is 0 Å². The number of rotatable bonds is 11. The minimum atomic E-state index is -0.688. The highest BCUT2D eigenvalue weighted by Crippen LogP contribution is 2.24. The van der Waals surface area contributed by atoms with Crippen LogP contribution in [-0.4, -0.2) is 16.1 Å². The summed E-state index contributed by atoms with van der Waals surface area (Å²) < 4.78 is 12.8. The summed E-state index contributed by atoms with van der Waals surface area (Å²) in [5, 5.41) is 2.51. The van der Waals surface area contributed by atoms with Crippen LogP contribution in [0.15, 0.2) is 48.8 Å². The van der Waals surface area contributed by atoms with Gasteiger partial charge in [0, 0.05) is 18.0 Å². The van der Waals surface area contributed by atoms with Crippen molar-refractivity contribution in [3.8, 4) is 11.4 Å². The van der Waals surface area contributed by atoms with Crippen molar-refractivity contribution in [3.05, 3.63) is 59.9 Å². The monoisotopic (exact) mass is 392 g/mol. The van der Waals surface area contributed by atoms with Crippen LogP contribution in [-0.2, 0) is 12.8 Å². The Morgan fingerprint density at radius 3 is 2.24 bits per heavy atom. The second-order valence-corrected chi connectivity index (χ2v) is 8.15. The number of fused-ring (bicyclic) bond motifs is 1. The van der Waals surface area contributed by atoms with Gasteiger partial charge < -0.3 is 0 Å². The van der Waals surface area contributed by atoms with Gasteiger partial charge in [-0.2, -0.15) is 0 Å². The summed E-state index contributed by atoms with van der Waals surface area (Å²) in [5.74, 6) is 0.772. The van der Waals surface area contributed by atoms with Crippen molar-refractivity contribution in [2.45, 2.75) is 77.8 Å². The van der Waals surface area contributed by atoms with E-state index in [4.69, 9.17) is 0 Å². The van der Waals surface area contributed by atoms with E-state index >= 15 is 0 Å². The normalized spacial score (nSPS) is 12.4. The van der Waals surface area contributed by atoms with E-state index < -0.39 is 6.17 Å². The minimum absolute atomic E-state index is 0.664. The molecule has 1 atom stereocenters. The number of alkyl halides is 1. The van der Waals surface area contributed by atoms with E-state index in [-0.39, 0.29) is 0 Å². The third-order valence-corrected chi connectivity index (χ3v) is 5.50. The average Bonchev–Trinajstić information content (AvgIpc) is 2.73. The Hall–Kier alpha value is -2.29. The highest BCUT2D eigenvalue weighted by Gasteiger charge is 2.05. The molecule has 0 spiro atoms. The smallest absolute Gasteiger partial charge is 0.159 e. The third kappa shape index (κ3) is 6.62. The maximum atomic E-state index is 12.8. The summed E-state index contributed by atoms with van der Waals surface area (Å²) in [6.45, 7) is 3.87. The molecule has 29 heavy (non-hydrogen) atoms. The lowest BCUT2D eigenvalue weighted by Crippen LogP contribution is -1.95. The first-order valence-corrected chi connectivity index (χ1v) is 11.1. The van der Waals surface area contributed by atoms with E-state index in [1.54, 1.807) is 6.92 Å². The van der Waals surface area contributed by atoms with Gasteiger partial charge in [0.2, 0.25) is 0 Å². The lowest BCUT2D eigenvalue weighted by molar-refractivity contribution is 0.330. The molecule has 154 valence electrons. The van der Waals surface area contributed by atoms with Crippen LogP contribution in [0.3, 0.4) is 0 Å². The van der Waals surface area contributed by atoms with Gasteiger partial charge in [0.05, 0.1) is 6.17 Å². The van der Waals surface area contributed by atoms with Crippen molar-refractivity contribution in [1.29, 1.82) is 0 Å². The molecule has 0 radical (unpaired) electrons. The van der Waals surface area contributed by atoms with Crippen LogP contribution in [0.2, 0.25) is 0 Å². The number of nitrogens with zero attached hydrogens (tertiary/aromatic N) is 2. The molecule has 3 heteroatoms. The van der Waals surface area contributed by atoms with Crippen LogP contribution in [0, 0.1) is 0 Å². The molecule has 0 amide bonds. The lowest BCUT2D eigenvalue weighted by Gasteiger charge is -2.07. The van der Waals surface area contributed by atoms with Gasteiger partial charge in [0.1, 0.15) is 0 Å². The fraction of sp³-hybridized carbons (Fsp3) is 0.462. The first-order chi connectivity index (χ1) is 14.2. The van der Waals surface area contributed by atoms with Crippen LogP contribution in [0.1, 0.15) is 69.9 Å². The maximum Gasteiger partial charge on any atom is 0.159 e. The number of benzene rings is 2. The molecule has 0 N–H and O–H groups in total. The Morgan fingerprint density at radius 1 is 0.793 bits per heavy atom. The third-order valence-electron chi connectivity index (χ3n) is 5.50. The van der Waals surface area contributed by atoms with Gasteiger partial charge in [0.15, 0.2) is 5.82 Å². The van der Waals surface area contributed by atoms with E-state index in [0.717, 1.165) is 49.1 Å². The minimum Gasteiger partial charge on any atom is -0.248 e. The number of unbranched alkanes of at least 4 members (excludes halogenated alkanes) is 4. The molecule has 2 aromatic carbocycles. The van der Waals surface area contributed by atoms with E-state index in [2.05, 4.69) is 53.3 Å². The molecule has 0 aliphatic rings. The Morgan fingerprint density at radius 2 is 1.48 bits per heavy atom. The molecular weight excluding hydrogens is 359 g/mol. The number of halogens is 1. The van der Waals surface area contributed by atoms with Crippen molar-refractivity contribution < 1.29 is 4.39 Å². The van der Waals surface area contributed by atoms with Crippen molar-refractivity contribution in [2.24, 2.45) is 0 Å². The Labute approximate surface area is 174 Å². The van der Waals surface area contributed by atoms with Gasteiger partial charge in [-0.1, -0.05) is 62.9 Å². The Kier molecular flexibility index (Phi) is 8.15. The van der Waals surface area contributed by atoms with Crippen LogP contribution >= 0.6 is 0 Å². The molecule has 0 aliphatic carbocycles. The Bertz CT molecular complexity index is 887. The maximum absolute atomic E-state index is 12.8. The summed E-state index contributed by atoms with van der Waals surface area (Å²) >= 11 is 0. The fourth-order valence-electron chi connectivity index (χ4n) is 3.73. The molecule has 0 saturated heterocycles. The average molecular weight is 393 g/mol. The predicted octanol–water partition coefficient (Wildman–Crippen LogP) is 7.49. The van der Waals surface area contributed by atoms with Crippen molar-refractivity contribution in [3.63, 3.8) is 0 Å². The van der Waals surface area contributed by atoms with Gasteiger partial charge in [-0.15, -0.1) is 0 Å². The molecular formula is C26H33FN2. The molecule has 0 saturated carbocycles. The van der Waals surface area contributed by atoms with E-state index in [0.29, 0.717) is 6.42 Å². The molecule has 0 bridgehead atoms. The SMILES string of the molecule is CCCCCc1ccc2cc(-c3ncc(CCCCCC(C)F)cn3)ccc2c1. The topological polar surface area (TPSA) is 25.8 Å². The zero-order valence-electron chi connectivity index (χ0n) is 17.8. The van der Waals surface area contributed by atoms with Crippen molar-refractivity contribution >= 4 is 10.8 Å². The predicted molar refractivity (Wildman–Crippen MR) is 121 cm³/mol. The molecule has 1 aromatic heterocycles. The van der Waals surface area contributed by atoms with E-state index in [1.165, 1.54) is 35.6 Å². The first-order valence-electron chi connectivity index (χ1n) is 11.1. The molecule has 3 rings (SSSR count). The summed E-state index contributed by atoms with van der Waals surface area (Å²) in [5.41, 5.74) is 3.62. The Balaban J connectivity index is 1.60. The molecule has 3 aromatic rings. The number of hydrogen-bond donors (Lipinski definition) is 0. The summed E-state index contributed by atoms with van der Waals surface area (Å²) in [4.78, 5) is 9.16. The van der Waals surface area contributed by atoms with Crippen LogP contribution in [0.25, 0.3) is 22.2 Å². The zero-order valence-corrected chi connectivity index (χ0v) is 17.8. The van der Waals surface area contributed by atoms with Crippen LogP contribution in [0.4, 0.5) is 4.39 Å². The van der Waals surface area contributed by atoms with Gasteiger partial charge in [0.25, 0.3) is 0 Å². The van der Waals surface area contributed by atoms with Gasteiger partial charge in [-0.05, 0) is 67.0 Å². The number of aromatic nitrogens is 2. The quantitative estimate of drug-likeness (QED) is 0.316. The van der Waals surface area contributed by atoms with Gasteiger partial charge in [-0.3, -0.25) is 0 Å². The summed E-state index contributed by atoms with van der Waals surface area (Å²) in [7, 11) is 0. The van der Waals surface area contributed by atoms with Crippen LogP contribution in [0.5, 0.6) is 0 Å². The van der Waals surface area contributed by atoms with Crippen LogP contribution < -0.4 is 0 Å². The highest BCUT2D eigenvalue weighted by atomic mass is 19.1. The second-order valence-electron chi connectivity index (χ2n) is 8.15. The molecule has 2 nitrogen and oxygen atoms in total. The van der Waals surface area contributed by atoms with E-state index in [1.807, 2.05) is 12.4 Å². The fourth-order valence-corrected chi connectivity index (χ4v) is 3.73. The number of aryl methyl sites for hydroxylation is 2. The molecule has 1 unspecified atom stereocenters. The standard InChI is InChI=1S/C26H33FN2/c1-3-4-6-10-21-12-13-24-17-25(15-14-23(24)16-21)26-28-18-22(19-29-26)11-8-5-7-9-20(2)27/h12-20H,3-11H2,1-2H3. The lowest BCUT2D eigenvalue weighted by atomic mass is 10.0. The highest BCUT2D eigenvalue weighted by molar-refractivity contribution is 5.87. The van der Waals surface area contributed by atoms with Gasteiger partial charge in [-0.25, -0.2) is 14.4 Å². The molecule has 0 fully saturated rings. The molecule has 1 heterocycles.